The van der Waals surface area contributed by atoms with Crippen molar-refractivity contribution in [1.29, 1.82) is 0 Å². The molecule has 9 N–H and O–H groups in total. The number of carbonyl (C=O) groups excluding carboxylic acids is 8. The van der Waals surface area contributed by atoms with Gasteiger partial charge in [-0.3, -0.25) is 38.4 Å². The molecule has 2 bridgehead atoms. The van der Waals surface area contributed by atoms with Crippen LogP contribution in [0, 0.1) is 5.92 Å². The molecule has 0 aliphatic carbocycles. The lowest BCUT2D eigenvalue weighted by atomic mass is 9.95. The molecule has 21 nitrogen and oxygen atoms in total. The number of aromatic nitrogens is 1. The van der Waals surface area contributed by atoms with Crippen molar-refractivity contribution < 1.29 is 63.2 Å². The fourth-order valence-corrected chi connectivity index (χ4v) is 9.52. The molecule has 2 saturated heterocycles. The number of aliphatic hydroxyl groups is 1. The molecule has 0 spiro atoms. The SMILES string of the molecule is CCCCCC(=O)NC(CCC(=O)O)C(=O)NC1C(=O)NC(Cc2ccc(O)cc2)C(=O)NC2CCC(O)N(C2=O)C(Cc2ccccc2)C(=O)N(C)C(Cc2c[nH]c3ccccc23)C(=O)NC(C(C)C)C(=O)OC1C. The highest BCUT2D eigenvalue weighted by molar-refractivity contribution is 5.99. The number of rotatable bonds is 17. The molecular weight excluding hydrogens is 981 g/mol. The first-order chi connectivity index (χ1) is 36.3. The Balaban J connectivity index is 1.46. The smallest absolute Gasteiger partial charge is 0.329 e. The Morgan fingerprint density at radius 2 is 1.46 bits per heavy atom. The zero-order chi connectivity index (χ0) is 55.2. The summed E-state index contributed by atoms with van der Waals surface area (Å²) < 4.78 is 5.95. The molecule has 21 heteroatoms. The Kier molecular flexibility index (Phi) is 20.1. The first kappa shape index (κ1) is 57.5. The number of aliphatic carboxylic acids is 1. The summed E-state index contributed by atoms with van der Waals surface area (Å²) >= 11 is 0. The van der Waals surface area contributed by atoms with Gasteiger partial charge in [-0.1, -0.05) is 94.3 Å². The average Bonchev–Trinajstić information content (AvgIpc) is 3.80. The van der Waals surface area contributed by atoms with Crippen molar-refractivity contribution in [3.05, 3.63) is 102 Å². The maximum atomic E-state index is 15.3. The number of unbranched alkanes of at least 4 members (excludes halogenated alkanes) is 2. The number of amides is 7. The molecule has 0 saturated carbocycles. The Labute approximate surface area is 440 Å². The lowest BCUT2D eigenvalue weighted by Crippen LogP contribution is -2.65. The van der Waals surface area contributed by atoms with Gasteiger partial charge in [-0.05, 0) is 73.4 Å². The number of phenols is 1. The number of aliphatic hydroxyl groups excluding tert-OH is 1. The molecule has 0 radical (unpaired) electrons. The first-order valence-electron chi connectivity index (χ1n) is 25.8. The topological polar surface area (TPSA) is 306 Å². The number of fused-ring (bicyclic) bond motifs is 3. The predicted octanol–water partition coefficient (Wildman–Crippen LogP) is 2.51. The molecule has 9 unspecified atom stereocenters. The van der Waals surface area contributed by atoms with E-state index in [1.165, 1.54) is 43.1 Å². The van der Waals surface area contributed by atoms with E-state index < -0.39 is 120 Å². The molecule has 9 atom stereocenters. The van der Waals surface area contributed by atoms with Gasteiger partial charge in [0, 0.05) is 56.3 Å². The minimum Gasteiger partial charge on any atom is -0.508 e. The minimum absolute atomic E-state index is 0.0273. The zero-order valence-electron chi connectivity index (χ0n) is 43.5. The van der Waals surface area contributed by atoms with Crippen LogP contribution in [0.5, 0.6) is 5.75 Å². The van der Waals surface area contributed by atoms with Crippen molar-refractivity contribution in [2.75, 3.05) is 7.05 Å². The number of aromatic amines is 1. The Bertz CT molecular complexity index is 2710. The third kappa shape index (κ3) is 14.9. The van der Waals surface area contributed by atoms with Gasteiger partial charge in [-0.25, -0.2) is 4.79 Å². The Morgan fingerprint density at radius 1 is 0.776 bits per heavy atom. The molecule has 1 aromatic heterocycles. The summed E-state index contributed by atoms with van der Waals surface area (Å²) in [7, 11) is 1.39. The fraction of sp³-hybridized carbons (Fsp3) is 0.473. The second-order valence-electron chi connectivity index (χ2n) is 19.9. The van der Waals surface area contributed by atoms with Gasteiger partial charge in [-0.2, -0.15) is 0 Å². The predicted molar refractivity (Wildman–Crippen MR) is 277 cm³/mol. The van der Waals surface area contributed by atoms with Crippen LogP contribution >= 0.6 is 0 Å². The van der Waals surface area contributed by atoms with Crippen molar-refractivity contribution in [3.8, 4) is 5.75 Å². The van der Waals surface area contributed by atoms with Crippen LogP contribution in [0.25, 0.3) is 10.9 Å². The van der Waals surface area contributed by atoms with Crippen molar-refractivity contribution in [2.45, 2.75) is 153 Å². The lowest BCUT2D eigenvalue weighted by Gasteiger charge is -2.43. The number of nitrogens with zero attached hydrogens (tertiary/aromatic N) is 2. The number of piperidine rings is 1. The monoisotopic (exact) mass is 1050 g/mol. The summed E-state index contributed by atoms with van der Waals surface area (Å²) in [5.41, 5.74) is 2.41. The van der Waals surface area contributed by atoms with Gasteiger partial charge >= 0.3 is 11.9 Å². The third-order valence-electron chi connectivity index (χ3n) is 13.9. The Morgan fingerprint density at radius 3 is 2.14 bits per heavy atom. The van der Waals surface area contributed by atoms with E-state index in [-0.39, 0.29) is 50.7 Å². The van der Waals surface area contributed by atoms with E-state index in [1.807, 2.05) is 31.2 Å². The van der Waals surface area contributed by atoms with Crippen LogP contribution in [0.15, 0.2) is 85.1 Å². The average molecular weight is 1050 g/mol. The largest absolute Gasteiger partial charge is 0.508 e. The number of carboxylic acids is 1. The molecule has 7 amide bonds. The fourth-order valence-electron chi connectivity index (χ4n) is 9.52. The van der Waals surface area contributed by atoms with Crippen molar-refractivity contribution in [3.63, 3.8) is 0 Å². The van der Waals surface area contributed by atoms with E-state index in [2.05, 4.69) is 31.6 Å². The van der Waals surface area contributed by atoms with Crippen LogP contribution in [-0.4, -0.2) is 145 Å². The van der Waals surface area contributed by atoms with Gasteiger partial charge in [-0.15, -0.1) is 0 Å². The van der Waals surface area contributed by atoms with Crippen LogP contribution in [0.1, 0.15) is 95.8 Å². The number of ether oxygens (including phenoxy) is 1. The number of carbonyl (C=O) groups is 9. The van der Waals surface area contributed by atoms with E-state index in [0.29, 0.717) is 29.5 Å². The minimum atomic E-state index is -1.85. The normalized spacial score (nSPS) is 23.6. The molecule has 3 aromatic carbocycles. The summed E-state index contributed by atoms with van der Waals surface area (Å²) in [5.74, 6) is -9.03. The highest BCUT2D eigenvalue weighted by Gasteiger charge is 2.46. The highest BCUT2D eigenvalue weighted by atomic mass is 16.5. The van der Waals surface area contributed by atoms with Gasteiger partial charge in [0.25, 0.3) is 0 Å². The van der Waals surface area contributed by atoms with E-state index in [1.54, 1.807) is 50.4 Å². The number of H-pyrrole nitrogens is 1. The molecule has 76 heavy (non-hydrogen) atoms. The summed E-state index contributed by atoms with van der Waals surface area (Å²) in [4.78, 5) is 134. The van der Waals surface area contributed by atoms with E-state index in [9.17, 15) is 53.7 Å². The number of para-hydroxylation sites is 1. The second-order valence-corrected chi connectivity index (χ2v) is 19.9. The molecule has 2 aliphatic heterocycles. The number of aromatic hydroxyl groups is 1. The molecule has 2 fully saturated rings. The van der Waals surface area contributed by atoms with Crippen LogP contribution in [-0.2, 0) is 67.2 Å². The molecule has 2 aliphatic rings. The third-order valence-corrected chi connectivity index (χ3v) is 13.9. The molecular formula is C55H70N8O13. The standard InChI is InChI=1S/C55H70N8O13/c1-6-7-9-18-44(65)57-39(24-26-46(67)68)49(69)61-48-32(4)76-55(75)47(31(2)3)60-51(71)42(29-35-30-56-38-17-13-12-16-37(35)38)62(5)54(74)43(28-33-14-10-8-11-15-33)63-45(66)25-23-40(53(63)73)58-50(70)41(59-52(48)72)27-34-19-21-36(64)22-20-34/h8,10-17,19-22,30-32,39-43,45,47-48,56,64,66H,6-7,9,18,23-29H2,1-5H3,(H,57,65)(H,58,70)(H,59,72)(H,60,71)(H,61,69)(H,67,68). The summed E-state index contributed by atoms with van der Waals surface area (Å²) in [6, 6.07) is 11.3. The van der Waals surface area contributed by atoms with Crippen molar-refractivity contribution in [1.82, 2.24) is 41.4 Å². The summed E-state index contributed by atoms with van der Waals surface area (Å²) in [5, 5.41) is 45.3. The van der Waals surface area contributed by atoms with Crippen molar-refractivity contribution in [2.24, 2.45) is 5.92 Å². The number of phenolic OH excluding ortho intramolecular Hbond substituents is 1. The van der Waals surface area contributed by atoms with Gasteiger partial charge in [0.2, 0.25) is 41.4 Å². The number of likely N-dealkylation sites (N-methyl/N-ethyl adjacent to an activating group) is 1. The van der Waals surface area contributed by atoms with Crippen LogP contribution in [0.2, 0.25) is 0 Å². The van der Waals surface area contributed by atoms with Crippen LogP contribution in [0.3, 0.4) is 0 Å². The maximum absolute atomic E-state index is 15.3. The van der Waals surface area contributed by atoms with Gasteiger partial charge in [0.05, 0.1) is 0 Å². The lowest BCUT2D eigenvalue weighted by molar-refractivity contribution is -0.165. The van der Waals surface area contributed by atoms with Gasteiger partial charge in [0.15, 0.2) is 0 Å². The van der Waals surface area contributed by atoms with Gasteiger partial charge < -0.3 is 61.4 Å². The summed E-state index contributed by atoms with van der Waals surface area (Å²) in [6.45, 7) is 6.48. The molecule has 6 rings (SSSR count). The molecule has 408 valence electrons. The van der Waals surface area contributed by atoms with E-state index >= 15 is 4.79 Å². The maximum Gasteiger partial charge on any atom is 0.329 e. The number of hydrogen-bond donors (Lipinski definition) is 9. The zero-order valence-corrected chi connectivity index (χ0v) is 43.5. The van der Waals surface area contributed by atoms with E-state index in [0.717, 1.165) is 22.2 Å². The quantitative estimate of drug-likeness (QED) is 0.0543. The number of carboxylic acid groups (broad SMARTS) is 1. The summed E-state index contributed by atoms with van der Waals surface area (Å²) in [6.07, 6.45) is -1.01. The Hall–Kier alpha value is -7.81. The molecule has 3 heterocycles. The van der Waals surface area contributed by atoms with Crippen LogP contribution < -0.4 is 26.6 Å². The van der Waals surface area contributed by atoms with Gasteiger partial charge in [0.1, 0.15) is 60.4 Å². The van der Waals surface area contributed by atoms with Crippen LogP contribution in [0.4, 0.5) is 0 Å². The highest BCUT2D eigenvalue weighted by Crippen LogP contribution is 2.27. The first-order valence-corrected chi connectivity index (χ1v) is 25.8. The molecule has 4 aromatic rings. The second kappa shape index (κ2) is 26.6. The van der Waals surface area contributed by atoms with Crippen molar-refractivity contribution >= 4 is 64.2 Å². The number of cyclic esters (lactones) is 1. The van der Waals surface area contributed by atoms with E-state index in [4.69, 9.17) is 4.74 Å². The number of hydrogen-bond acceptors (Lipinski definition) is 12. The number of esters is 1. The number of nitrogens with one attached hydrogen (secondary N) is 6. The number of benzene rings is 3.